The van der Waals surface area contributed by atoms with Gasteiger partial charge in [0.05, 0.1) is 0 Å². The molecule has 1 heterocycles. The molecule has 1 aromatic heterocycles. The Bertz CT molecular complexity index is 720. The van der Waals surface area contributed by atoms with Crippen molar-refractivity contribution in [1.82, 2.24) is 4.98 Å². The molecule has 0 radical (unpaired) electrons. The van der Waals surface area contributed by atoms with Crippen molar-refractivity contribution < 1.29 is 0 Å². The van der Waals surface area contributed by atoms with Gasteiger partial charge in [-0.1, -0.05) is 50.0 Å². The molecule has 21 heavy (non-hydrogen) atoms. The molecule has 0 fully saturated rings. The van der Waals surface area contributed by atoms with E-state index in [0.29, 0.717) is 21.2 Å². The molecular weight excluding hydrogens is 305 g/mol. The number of pyridine rings is 1. The van der Waals surface area contributed by atoms with Crippen LogP contribution < -0.4 is 5.73 Å². The number of nitrogen functional groups attached to an aromatic ring is 1. The predicted octanol–water partition coefficient (Wildman–Crippen LogP) is 4.81. The average Bonchev–Trinajstić information content (AvgIpc) is 2.37. The zero-order chi connectivity index (χ0) is 15.8. The first kappa shape index (κ1) is 15.6. The number of halogens is 2. The molecular formula is C16H15Cl2N3. The molecule has 108 valence electrons. The Kier molecular flexibility index (Phi) is 4.13. The van der Waals surface area contributed by atoms with Crippen LogP contribution in [0.2, 0.25) is 10.0 Å². The Morgan fingerprint density at radius 3 is 2.24 bits per heavy atom. The van der Waals surface area contributed by atoms with E-state index >= 15 is 0 Å². The third kappa shape index (κ3) is 2.97. The predicted molar refractivity (Wildman–Crippen MR) is 87.5 cm³/mol. The molecule has 0 bridgehead atoms. The second kappa shape index (κ2) is 5.55. The highest BCUT2D eigenvalue weighted by Gasteiger charge is 2.22. The van der Waals surface area contributed by atoms with Crippen LogP contribution in [-0.2, 0) is 5.41 Å². The fraction of sp³-hybridized carbons (Fsp3) is 0.250. The van der Waals surface area contributed by atoms with E-state index in [9.17, 15) is 5.26 Å². The molecule has 3 nitrogen and oxygen atoms in total. The van der Waals surface area contributed by atoms with Crippen molar-refractivity contribution >= 4 is 29.0 Å². The van der Waals surface area contributed by atoms with Crippen LogP contribution in [-0.4, -0.2) is 4.98 Å². The highest BCUT2D eigenvalue weighted by molar-refractivity contribution is 6.39. The maximum atomic E-state index is 9.38. The summed E-state index contributed by atoms with van der Waals surface area (Å²) in [7, 11) is 0. The fourth-order valence-corrected chi connectivity index (χ4v) is 2.62. The first-order valence-electron chi connectivity index (χ1n) is 6.41. The van der Waals surface area contributed by atoms with Crippen LogP contribution in [0.4, 0.5) is 5.82 Å². The first-order valence-corrected chi connectivity index (χ1v) is 7.16. The maximum absolute atomic E-state index is 9.38. The summed E-state index contributed by atoms with van der Waals surface area (Å²) in [5.41, 5.74) is 8.04. The quantitative estimate of drug-likeness (QED) is 0.820. The minimum Gasteiger partial charge on any atom is -0.383 e. The van der Waals surface area contributed by atoms with Crippen molar-refractivity contribution in [3.8, 4) is 17.2 Å². The smallest absolute Gasteiger partial charge is 0.142 e. The lowest BCUT2D eigenvalue weighted by molar-refractivity contribution is 0.570. The van der Waals surface area contributed by atoms with E-state index in [1.807, 2.05) is 26.8 Å². The summed E-state index contributed by atoms with van der Waals surface area (Å²) >= 11 is 12.5. The number of anilines is 1. The molecule has 0 aliphatic carbocycles. The number of nitrogens with zero attached hydrogens (tertiary/aromatic N) is 2. The number of benzene rings is 1. The van der Waals surface area contributed by atoms with Crippen LogP contribution in [0, 0.1) is 11.3 Å². The van der Waals surface area contributed by atoms with Gasteiger partial charge in [-0.25, -0.2) is 4.98 Å². The minimum absolute atomic E-state index is 0.191. The van der Waals surface area contributed by atoms with Gasteiger partial charge in [-0.2, -0.15) is 5.26 Å². The van der Waals surface area contributed by atoms with Gasteiger partial charge in [-0.15, -0.1) is 0 Å². The van der Waals surface area contributed by atoms with E-state index in [-0.39, 0.29) is 16.8 Å². The second-order valence-electron chi connectivity index (χ2n) is 5.77. The van der Waals surface area contributed by atoms with E-state index < -0.39 is 0 Å². The highest BCUT2D eigenvalue weighted by Crippen LogP contribution is 2.39. The number of hydrogen-bond donors (Lipinski definition) is 1. The van der Waals surface area contributed by atoms with Crippen molar-refractivity contribution in [3.63, 3.8) is 0 Å². The Hall–Kier alpha value is -1.76. The van der Waals surface area contributed by atoms with Gasteiger partial charge in [0.1, 0.15) is 17.5 Å². The van der Waals surface area contributed by atoms with Crippen molar-refractivity contribution in [2.75, 3.05) is 5.73 Å². The lowest BCUT2D eigenvalue weighted by Crippen LogP contribution is -2.15. The summed E-state index contributed by atoms with van der Waals surface area (Å²) < 4.78 is 0. The van der Waals surface area contributed by atoms with Crippen LogP contribution in [0.25, 0.3) is 11.1 Å². The Morgan fingerprint density at radius 1 is 1.19 bits per heavy atom. The molecule has 5 heteroatoms. The molecule has 0 saturated carbocycles. The first-order chi connectivity index (χ1) is 9.75. The van der Waals surface area contributed by atoms with Crippen LogP contribution in [0.15, 0.2) is 24.3 Å². The minimum atomic E-state index is -0.204. The second-order valence-corrected chi connectivity index (χ2v) is 6.59. The molecule has 1 aromatic carbocycles. The molecule has 0 spiro atoms. The average molecular weight is 320 g/mol. The molecule has 0 aliphatic heterocycles. The molecule has 0 amide bonds. The molecule has 2 aromatic rings. The molecule has 0 aliphatic rings. The van der Waals surface area contributed by atoms with Gasteiger partial charge in [-0.3, -0.25) is 0 Å². The van der Waals surface area contributed by atoms with Gasteiger partial charge in [0, 0.05) is 32.3 Å². The summed E-state index contributed by atoms with van der Waals surface area (Å²) in [5, 5.41) is 10.3. The zero-order valence-electron chi connectivity index (χ0n) is 12.0. The van der Waals surface area contributed by atoms with E-state index in [1.54, 1.807) is 18.2 Å². The molecule has 0 unspecified atom stereocenters. The standard InChI is InChI=1S/C16H15Cl2N3/c1-16(2,3)13-7-9(10(8-19)15(20)21-13)14-11(17)5-4-6-12(14)18/h4-7H,1-3H3,(H2,20,21). The van der Waals surface area contributed by atoms with Gasteiger partial charge in [-0.05, 0) is 18.2 Å². The Balaban J connectivity index is 2.85. The lowest BCUT2D eigenvalue weighted by atomic mass is 9.88. The van der Waals surface area contributed by atoms with Crippen LogP contribution in [0.3, 0.4) is 0 Å². The van der Waals surface area contributed by atoms with Crippen LogP contribution in [0.5, 0.6) is 0 Å². The van der Waals surface area contributed by atoms with Gasteiger partial charge >= 0.3 is 0 Å². The molecule has 0 atom stereocenters. The summed E-state index contributed by atoms with van der Waals surface area (Å²) in [4.78, 5) is 4.33. The molecule has 2 rings (SSSR count). The number of nitrogens with two attached hydrogens (primary N) is 1. The topological polar surface area (TPSA) is 62.7 Å². The normalized spacial score (nSPS) is 11.2. The largest absolute Gasteiger partial charge is 0.383 e. The Morgan fingerprint density at radius 2 is 1.76 bits per heavy atom. The van der Waals surface area contributed by atoms with Crippen LogP contribution >= 0.6 is 23.2 Å². The fourth-order valence-electron chi connectivity index (χ4n) is 2.02. The monoisotopic (exact) mass is 319 g/mol. The van der Waals surface area contributed by atoms with E-state index in [1.165, 1.54) is 0 Å². The van der Waals surface area contributed by atoms with E-state index in [2.05, 4.69) is 11.1 Å². The SMILES string of the molecule is CC(C)(C)c1cc(-c2c(Cl)cccc2Cl)c(C#N)c(N)n1. The molecule has 0 saturated heterocycles. The summed E-state index contributed by atoms with van der Waals surface area (Å²) in [6.07, 6.45) is 0. The molecule has 2 N–H and O–H groups in total. The van der Waals surface area contributed by atoms with Gasteiger partial charge in [0.2, 0.25) is 0 Å². The van der Waals surface area contributed by atoms with Gasteiger partial charge in [0.25, 0.3) is 0 Å². The zero-order valence-corrected chi connectivity index (χ0v) is 13.5. The van der Waals surface area contributed by atoms with Crippen molar-refractivity contribution in [2.45, 2.75) is 26.2 Å². The van der Waals surface area contributed by atoms with Crippen LogP contribution in [0.1, 0.15) is 32.0 Å². The maximum Gasteiger partial charge on any atom is 0.142 e. The third-order valence-corrected chi connectivity index (χ3v) is 3.79. The number of nitriles is 1. The summed E-state index contributed by atoms with van der Waals surface area (Å²) in [6, 6.07) is 9.15. The lowest BCUT2D eigenvalue weighted by Gasteiger charge is -2.20. The van der Waals surface area contributed by atoms with Crippen molar-refractivity contribution in [3.05, 3.63) is 45.6 Å². The number of rotatable bonds is 1. The highest BCUT2D eigenvalue weighted by atomic mass is 35.5. The summed E-state index contributed by atoms with van der Waals surface area (Å²) in [5.74, 6) is 0.191. The Labute approximate surface area is 134 Å². The summed E-state index contributed by atoms with van der Waals surface area (Å²) in [6.45, 7) is 6.08. The number of hydrogen-bond acceptors (Lipinski definition) is 3. The van der Waals surface area contributed by atoms with E-state index in [0.717, 1.165) is 5.69 Å². The van der Waals surface area contributed by atoms with Crippen molar-refractivity contribution in [2.24, 2.45) is 0 Å². The van der Waals surface area contributed by atoms with Gasteiger partial charge < -0.3 is 5.73 Å². The van der Waals surface area contributed by atoms with E-state index in [4.69, 9.17) is 28.9 Å². The van der Waals surface area contributed by atoms with Crippen molar-refractivity contribution in [1.29, 1.82) is 5.26 Å². The number of aromatic nitrogens is 1. The van der Waals surface area contributed by atoms with Gasteiger partial charge in [0.15, 0.2) is 0 Å². The third-order valence-electron chi connectivity index (χ3n) is 3.16.